The molecule has 0 aromatic heterocycles. The Morgan fingerprint density at radius 2 is 1.63 bits per heavy atom. The lowest BCUT2D eigenvalue weighted by atomic mass is 9.79. The molecule has 10 heteroatoms. The molecule has 1 aliphatic heterocycles. The summed E-state index contributed by atoms with van der Waals surface area (Å²) in [6, 6.07) is -0.384. The zero-order chi connectivity index (χ0) is 20.2. The number of carbonyl (C=O) groups excluding carboxylic acids is 1. The van der Waals surface area contributed by atoms with Crippen LogP contribution in [0.15, 0.2) is 0 Å². The Labute approximate surface area is 156 Å². The molecule has 1 unspecified atom stereocenters. The summed E-state index contributed by atoms with van der Waals surface area (Å²) in [4.78, 5) is 15.9. The van der Waals surface area contributed by atoms with E-state index in [1.165, 1.54) is 4.90 Å². The minimum atomic E-state index is -2.92. The Morgan fingerprint density at radius 3 is 2.19 bits per heavy atom. The first-order valence-corrected chi connectivity index (χ1v) is 9.08. The maximum absolute atomic E-state index is 12.5. The molecule has 2 rings (SSSR count). The van der Waals surface area contributed by atoms with Gasteiger partial charge in [0.15, 0.2) is 0 Å². The molecule has 27 heavy (non-hydrogen) atoms. The van der Waals surface area contributed by atoms with Crippen LogP contribution in [0.4, 0.5) is 22.4 Å². The van der Waals surface area contributed by atoms with E-state index in [9.17, 15) is 22.4 Å². The van der Waals surface area contributed by atoms with E-state index < -0.39 is 31.0 Å². The fourth-order valence-corrected chi connectivity index (χ4v) is 3.44. The first-order chi connectivity index (χ1) is 12.5. The van der Waals surface area contributed by atoms with Gasteiger partial charge in [0.05, 0.1) is 19.3 Å². The standard InChI is InChI=1S/C17H28F4N2O4/c1-17(2,3)27-16(24)23-5-4-22(8-13(23)10-26-15(20)21)12-6-11(7-12)9-25-14(18)19/h11-15H,4-10H2,1-3H3. The Hall–Kier alpha value is -1.13. The van der Waals surface area contributed by atoms with Crippen molar-refractivity contribution in [2.75, 3.05) is 32.8 Å². The van der Waals surface area contributed by atoms with Gasteiger partial charge in [-0.2, -0.15) is 17.6 Å². The van der Waals surface area contributed by atoms with E-state index >= 15 is 0 Å². The monoisotopic (exact) mass is 400 g/mol. The molecule has 0 aromatic rings. The van der Waals surface area contributed by atoms with Gasteiger partial charge in [-0.25, -0.2) is 4.79 Å². The molecule has 0 bridgehead atoms. The van der Waals surface area contributed by atoms with Gasteiger partial charge in [0.2, 0.25) is 0 Å². The highest BCUT2D eigenvalue weighted by molar-refractivity contribution is 5.68. The number of nitrogens with zero attached hydrogens (tertiary/aromatic N) is 2. The molecule has 1 aliphatic carbocycles. The van der Waals surface area contributed by atoms with E-state index in [4.69, 9.17) is 4.74 Å². The Kier molecular flexibility index (Phi) is 7.70. The van der Waals surface area contributed by atoms with Crippen molar-refractivity contribution in [3.8, 4) is 0 Å². The van der Waals surface area contributed by atoms with Crippen LogP contribution in [0.25, 0.3) is 0 Å². The van der Waals surface area contributed by atoms with Crippen LogP contribution in [0.1, 0.15) is 33.6 Å². The largest absolute Gasteiger partial charge is 0.444 e. The van der Waals surface area contributed by atoms with Gasteiger partial charge in [-0.15, -0.1) is 0 Å². The third-order valence-electron chi connectivity index (χ3n) is 4.74. The minimum Gasteiger partial charge on any atom is -0.444 e. The normalized spacial score (nSPS) is 27.1. The molecule has 1 atom stereocenters. The number of hydrogen-bond donors (Lipinski definition) is 0. The van der Waals surface area contributed by atoms with Gasteiger partial charge in [0.1, 0.15) is 5.60 Å². The van der Waals surface area contributed by atoms with E-state index in [-0.39, 0.29) is 25.2 Å². The van der Waals surface area contributed by atoms with Crippen molar-refractivity contribution in [2.45, 2.75) is 64.5 Å². The van der Waals surface area contributed by atoms with E-state index in [1.54, 1.807) is 20.8 Å². The number of carbonyl (C=O) groups is 1. The third-order valence-corrected chi connectivity index (χ3v) is 4.74. The van der Waals surface area contributed by atoms with Crippen LogP contribution < -0.4 is 0 Å². The second-order valence-corrected chi connectivity index (χ2v) is 8.00. The molecule has 1 amide bonds. The van der Waals surface area contributed by atoms with Gasteiger partial charge < -0.3 is 19.1 Å². The lowest BCUT2D eigenvalue weighted by molar-refractivity contribution is -0.156. The molecule has 158 valence electrons. The molecule has 2 fully saturated rings. The first-order valence-electron chi connectivity index (χ1n) is 9.08. The zero-order valence-corrected chi connectivity index (χ0v) is 15.9. The van der Waals surface area contributed by atoms with Gasteiger partial charge in [0.25, 0.3) is 0 Å². The summed E-state index contributed by atoms with van der Waals surface area (Å²) in [5.74, 6) is 0.0728. The Balaban J connectivity index is 1.89. The fraction of sp³-hybridized carbons (Fsp3) is 0.941. The molecule has 2 aliphatic rings. The minimum absolute atomic E-state index is 0.0178. The maximum atomic E-state index is 12.5. The molecule has 0 radical (unpaired) electrons. The van der Waals surface area contributed by atoms with Crippen LogP contribution >= 0.6 is 0 Å². The van der Waals surface area contributed by atoms with Crippen molar-refractivity contribution in [3.63, 3.8) is 0 Å². The summed E-state index contributed by atoms with van der Waals surface area (Å²) < 4.78 is 63.3. The molecule has 6 nitrogen and oxygen atoms in total. The number of amides is 1. The molecule has 0 aromatic carbocycles. The molecule has 0 N–H and O–H groups in total. The van der Waals surface area contributed by atoms with Crippen molar-refractivity contribution in [3.05, 3.63) is 0 Å². The predicted molar refractivity (Wildman–Crippen MR) is 88.7 cm³/mol. The zero-order valence-electron chi connectivity index (χ0n) is 15.9. The van der Waals surface area contributed by atoms with Gasteiger partial charge in [-0.3, -0.25) is 4.90 Å². The van der Waals surface area contributed by atoms with Crippen molar-refractivity contribution < 1.29 is 36.6 Å². The summed E-state index contributed by atoms with van der Waals surface area (Å²) in [6.07, 6.45) is 0.866. The molecule has 1 heterocycles. The maximum Gasteiger partial charge on any atom is 0.410 e. The highest BCUT2D eigenvalue weighted by Crippen LogP contribution is 2.34. The summed E-state index contributed by atoms with van der Waals surface area (Å²) >= 11 is 0. The number of ether oxygens (including phenoxy) is 3. The molecule has 1 saturated heterocycles. The quantitative estimate of drug-likeness (QED) is 0.615. The van der Waals surface area contributed by atoms with Gasteiger partial charge in [0, 0.05) is 25.7 Å². The van der Waals surface area contributed by atoms with Gasteiger partial charge in [-0.05, 0) is 39.5 Å². The van der Waals surface area contributed by atoms with Crippen LogP contribution in [-0.4, -0.2) is 79.6 Å². The number of alkyl halides is 4. The second-order valence-electron chi connectivity index (χ2n) is 8.00. The van der Waals surface area contributed by atoms with E-state index in [2.05, 4.69) is 14.4 Å². The Morgan fingerprint density at radius 1 is 1.04 bits per heavy atom. The fourth-order valence-electron chi connectivity index (χ4n) is 3.44. The highest BCUT2D eigenvalue weighted by atomic mass is 19.3. The van der Waals surface area contributed by atoms with Crippen LogP contribution in [0.3, 0.4) is 0 Å². The third kappa shape index (κ3) is 7.08. The average Bonchev–Trinajstić information content (AvgIpc) is 2.49. The number of piperazine rings is 1. The SMILES string of the molecule is CC(C)(C)OC(=O)N1CCN(C2CC(COC(F)F)C2)CC1COC(F)F. The lowest BCUT2D eigenvalue weighted by Crippen LogP contribution is -2.61. The molecular formula is C17H28F4N2O4. The smallest absolute Gasteiger partial charge is 0.410 e. The van der Waals surface area contributed by atoms with E-state index in [0.717, 1.165) is 0 Å². The van der Waals surface area contributed by atoms with Crippen LogP contribution in [0.2, 0.25) is 0 Å². The Bertz CT molecular complexity index is 484. The van der Waals surface area contributed by atoms with Gasteiger partial charge in [-0.1, -0.05) is 0 Å². The van der Waals surface area contributed by atoms with Crippen LogP contribution in [0.5, 0.6) is 0 Å². The van der Waals surface area contributed by atoms with Crippen LogP contribution in [0, 0.1) is 5.92 Å². The first kappa shape index (κ1) is 22.2. The summed E-state index contributed by atoms with van der Waals surface area (Å²) in [5, 5.41) is 0. The highest BCUT2D eigenvalue weighted by Gasteiger charge is 2.40. The van der Waals surface area contributed by atoms with E-state index in [0.29, 0.717) is 32.5 Å². The van der Waals surface area contributed by atoms with Crippen molar-refractivity contribution in [1.29, 1.82) is 0 Å². The van der Waals surface area contributed by atoms with E-state index in [1.807, 2.05) is 0 Å². The molecule has 0 spiro atoms. The summed E-state index contributed by atoms with van der Waals surface area (Å²) in [5.41, 5.74) is -0.686. The predicted octanol–water partition coefficient (Wildman–Crippen LogP) is 3.16. The van der Waals surface area contributed by atoms with Crippen molar-refractivity contribution in [2.24, 2.45) is 5.92 Å². The average molecular weight is 400 g/mol. The van der Waals surface area contributed by atoms with Crippen molar-refractivity contribution >= 4 is 6.09 Å². The summed E-state index contributed by atoms with van der Waals surface area (Å²) in [7, 11) is 0. The molecular weight excluding hydrogens is 372 g/mol. The van der Waals surface area contributed by atoms with Crippen LogP contribution in [-0.2, 0) is 14.2 Å². The topological polar surface area (TPSA) is 51.2 Å². The van der Waals surface area contributed by atoms with Crippen molar-refractivity contribution in [1.82, 2.24) is 9.80 Å². The number of rotatable bonds is 7. The second kappa shape index (κ2) is 9.38. The van der Waals surface area contributed by atoms with Gasteiger partial charge >= 0.3 is 19.3 Å². The number of hydrogen-bond acceptors (Lipinski definition) is 5. The summed E-state index contributed by atoms with van der Waals surface area (Å²) in [6.45, 7) is 0.530. The number of halogens is 4. The molecule has 1 saturated carbocycles. The lowest BCUT2D eigenvalue weighted by Gasteiger charge is -2.49.